The SMILES string of the molecule is CCOc1ncccc1C(N)C(C)C. The number of aromatic nitrogens is 1. The second kappa shape index (κ2) is 4.96. The van der Waals surface area contributed by atoms with Gasteiger partial charge in [0.2, 0.25) is 5.88 Å². The molecule has 78 valence electrons. The van der Waals surface area contributed by atoms with Gasteiger partial charge in [-0.3, -0.25) is 0 Å². The van der Waals surface area contributed by atoms with Crippen molar-refractivity contribution in [2.75, 3.05) is 6.61 Å². The molecule has 1 unspecified atom stereocenters. The lowest BCUT2D eigenvalue weighted by molar-refractivity contribution is 0.316. The van der Waals surface area contributed by atoms with Crippen molar-refractivity contribution in [2.45, 2.75) is 26.8 Å². The van der Waals surface area contributed by atoms with E-state index in [2.05, 4.69) is 18.8 Å². The Morgan fingerprint density at radius 1 is 1.50 bits per heavy atom. The van der Waals surface area contributed by atoms with Crippen LogP contribution in [0.1, 0.15) is 32.4 Å². The summed E-state index contributed by atoms with van der Waals surface area (Å²) in [6.45, 7) is 6.75. The molecule has 0 bridgehead atoms. The summed E-state index contributed by atoms with van der Waals surface area (Å²) in [6.07, 6.45) is 1.72. The molecule has 1 atom stereocenters. The highest BCUT2D eigenvalue weighted by Gasteiger charge is 2.15. The number of rotatable bonds is 4. The summed E-state index contributed by atoms with van der Waals surface area (Å²) >= 11 is 0. The number of hydrogen-bond acceptors (Lipinski definition) is 3. The van der Waals surface area contributed by atoms with E-state index in [9.17, 15) is 0 Å². The van der Waals surface area contributed by atoms with Crippen LogP contribution < -0.4 is 10.5 Å². The van der Waals surface area contributed by atoms with E-state index in [1.807, 2.05) is 19.1 Å². The van der Waals surface area contributed by atoms with Gasteiger partial charge in [-0.2, -0.15) is 0 Å². The summed E-state index contributed by atoms with van der Waals surface area (Å²) in [6, 6.07) is 3.85. The predicted octanol–water partition coefficient (Wildman–Crippen LogP) is 2.14. The minimum Gasteiger partial charge on any atom is -0.478 e. The highest BCUT2D eigenvalue weighted by Crippen LogP contribution is 2.25. The molecule has 1 rings (SSSR count). The topological polar surface area (TPSA) is 48.1 Å². The zero-order chi connectivity index (χ0) is 10.6. The van der Waals surface area contributed by atoms with E-state index in [1.165, 1.54) is 0 Å². The Kier molecular flexibility index (Phi) is 3.89. The Bertz CT molecular complexity index is 286. The van der Waals surface area contributed by atoms with Gasteiger partial charge in [0.25, 0.3) is 0 Å². The molecule has 0 aliphatic carbocycles. The van der Waals surface area contributed by atoms with Crippen molar-refractivity contribution in [3.63, 3.8) is 0 Å². The normalized spacial score (nSPS) is 12.9. The van der Waals surface area contributed by atoms with E-state index in [1.54, 1.807) is 6.20 Å². The fraction of sp³-hybridized carbons (Fsp3) is 0.545. The Hall–Kier alpha value is -1.09. The zero-order valence-corrected chi connectivity index (χ0v) is 9.03. The molecule has 1 aromatic heterocycles. The minimum atomic E-state index is -0.00903. The van der Waals surface area contributed by atoms with E-state index in [-0.39, 0.29) is 6.04 Å². The fourth-order valence-corrected chi connectivity index (χ4v) is 1.27. The fourth-order valence-electron chi connectivity index (χ4n) is 1.27. The first kappa shape index (κ1) is 11.0. The summed E-state index contributed by atoms with van der Waals surface area (Å²) in [5.41, 5.74) is 7.04. The Morgan fingerprint density at radius 3 is 2.79 bits per heavy atom. The van der Waals surface area contributed by atoms with Crippen molar-refractivity contribution in [1.29, 1.82) is 0 Å². The Labute approximate surface area is 85.3 Å². The standard InChI is InChI=1S/C11H18N2O/c1-4-14-11-9(6-5-7-13-11)10(12)8(2)3/h5-8,10H,4,12H2,1-3H3. The van der Waals surface area contributed by atoms with Gasteiger partial charge >= 0.3 is 0 Å². The van der Waals surface area contributed by atoms with Gasteiger partial charge in [-0.25, -0.2) is 4.98 Å². The molecule has 14 heavy (non-hydrogen) atoms. The second-order valence-electron chi connectivity index (χ2n) is 3.60. The number of nitrogens with zero attached hydrogens (tertiary/aromatic N) is 1. The van der Waals surface area contributed by atoms with Gasteiger partial charge in [0.15, 0.2) is 0 Å². The molecule has 3 nitrogen and oxygen atoms in total. The Morgan fingerprint density at radius 2 is 2.21 bits per heavy atom. The quantitative estimate of drug-likeness (QED) is 0.798. The largest absolute Gasteiger partial charge is 0.478 e. The lowest BCUT2D eigenvalue weighted by Crippen LogP contribution is -2.18. The van der Waals surface area contributed by atoms with Gasteiger partial charge in [-0.15, -0.1) is 0 Å². The van der Waals surface area contributed by atoms with Crippen molar-refractivity contribution < 1.29 is 4.74 Å². The maximum Gasteiger partial charge on any atom is 0.218 e. The van der Waals surface area contributed by atoms with Crippen LogP contribution in [0.15, 0.2) is 18.3 Å². The number of hydrogen-bond donors (Lipinski definition) is 1. The first-order valence-corrected chi connectivity index (χ1v) is 5.00. The summed E-state index contributed by atoms with van der Waals surface area (Å²) in [5.74, 6) is 1.05. The van der Waals surface area contributed by atoms with Crippen LogP contribution in [0, 0.1) is 5.92 Å². The van der Waals surface area contributed by atoms with E-state index in [0.717, 1.165) is 5.56 Å². The third kappa shape index (κ3) is 2.45. The average molecular weight is 194 g/mol. The first-order valence-electron chi connectivity index (χ1n) is 5.00. The summed E-state index contributed by atoms with van der Waals surface area (Å²) < 4.78 is 5.42. The van der Waals surface area contributed by atoms with Gasteiger partial charge < -0.3 is 10.5 Å². The van der Waals surface area contributed by atoms with Crippen molar-refractivity contribution in [1.82, 2.24) is 4.98 Å². The maximum absolute atomic E-state index is 6.05. The molecule has 0 fully saturated rings. The molecule has 3 heteroatoms. The van der Waals surface area contributed by atoms with Crippen molar-refractivity contribution in [2.24, 2.45) is 11.7 Å². The zero-order valence-electron chi connectivity index (χ0n) is 9.03. The molecule has 0 saturated heterocycles. The lowest BCUT2D eigenvalue weighted by atomic mass is 9.98. The third-order valence-electron chi connectivity index (χ3n) is 2.16. The number of nitrogens with two attached hydrogens (primary N) is 1. The summed E-state index contributed by atoms with van der Waals surface area (Å²) in [4.78, 5) is 4.17. The Balaban J connectivity index is 2.94. The molecule has 0 aromatic carbocycles. The molecule has 0 aliphatic heterocycles. The van der Waals surface area contributed by atoms with Crippen LogP contribution >= 0.6 is 0 Å². The first-order chi connectivity index (χ1) is 6.66. The van der Waals surface area contributed by atoms with Crippen molar-refractivity contribution in [3.8, 4) is 5.88 Å². The van der Waals surface area contributed by atoms with E-state index >= 15 is 0 Å². The van der Waals surface area contributed by atoms with Crippen LogP contribution in [0.5, 0.6) is 5.88 Å². The smallest absolute Gasteiger partial charge is 0.218 e. The van der Waals surface area contributed by atoms with Gasteiger partial charge in [0.05, 0.1) is 6.61 Å². The van der Waals surface area contributed by atoms with Crippen LogP contribution in [0.2, 0.25) is 0 Å². The third-order valence-corrected chi connectivity index (χ3v) is 2.16. The monoisotopic (exact) mass is 194 g/mol. The molecule has 1 heterocycles. The molecule has 0 saturated carbocycles. The second-order valence-corrected chi connectivity index (χ2v) is 3.60. The summed E-state index contributed by atoms with van der Waals surface area (Å²) in [5, 5.41) is 0. The highest BCUT2D eigenvalue weighted by atomic mass is 16.5. The van der Waals surface area contributed by atoms with Crippen LogP contribution in [-0.4, -0.2) is 11.6 Å². The van der Waals surface area contributed by atoms with Gasteiger partial charge in [-0.05, 0) is 18.9 Å². The average Bonchev–Trinajstić information content (AvgIpc) is 2.18. The minimum absolute atomic E-state index is 0.00903. The van der Waals surface area contributed by atoms with Crippen molar-refractivity contribution >= 4 is 0 Å². The van der Waals surface area contributed by atoms with Crippen LogP contribution in [-0.2, 0) is 0 Å². The highest BCUT2D eigenvalue weighted by molar-refractivity contribution is 5.28. The molecule has 0 aliphatic rings. The van der Waals surface area contributed by atoms with E-state index in [4.69, 9.17) is 10.5 Å². The molecular weight excluding hydrogens is 176 g/mol. The van der Waals surface area contributed by atoms with Crippen LogP contribution in [0.3, 0.4) is 0 Å². The summed E-state index contributed by atoms with van der Waals surface area (Å²) in [7, 11) is 0. The van der Waals surface area contributed by atoms with Crippen LogP contribution in [0.25, 0.3) is 0 Å². The number of ether oxygens (including phenoxy) is 1. The predicted molar refractivity (Wildman–Crippen MR) is 57.2 cm³/mol. The number of pyridine rings is 1. The van der Waals surface area contributed by atoms with Gasteiger partial charge in [0, 0.05) is 17.8 Å². The van der Waals surface area contributed by atoms with E-state index < -0.39 is 0 Å². The molecule has 0 spiro atoms. The van der Waals surface area contributed by atoms with Crippen LogP contribution in [0.4, 0.5) is 0 Å². The maximum atomic E-state index is 6.05. The van der Waals surface area contributed by atoms with E-state index in [0.29, 0.717) is 18.4 Å². The molecule has 0 amide bonds. The lowest BCUT2D eigenvalue weighted by Gasteiger charge is -2.18. The molecule has 1 aromatic rings. The molecular formula is C11H18N2O. The van der Waals surface area contributed by atoms with Gasteiger partial charge in [0.1, 0.15) is 0 Å². The van der Waals surface area contributed by atoms with Gasteiger partial charge in [-0.1, -0.05) is 19.9 Å². The molecule has 2 N–H and O–H groups in total. The molecule has 0 radical (unpaired) electrons. The van der Waals surface area contributed by atoms with Crippen molar-refractivity contribution in [3.05, 3.63) is 23.9 Å².